The molecule has 0 spiro atoms. The van der Waals surface area contributed by atoms with Gasteiger partial charge in [0.1, 0.15) is 0 Å². The van der Waals surface area contributed by atoms with Gasteiger partial charge < -0.3 is 10.1 Å². The summed E-state index contributed by atoms with van der Waals surface area (Å²) in [7, 11) is 1.76. The van der Waals surface area contributed by atoms with Crippen LogP contribution in [0.3, 0.4) is 0 Å². The van der Waals surface area contributed by atoms with Crippen molar-refractivity contribution in [2.24, 2.45) is 0 Å². The Kier molecular flexibility index (Phi) is 8.90. The molecule has 0 aromatic carbocycles. The van der Waals surface area contributed by atoms with E-state index in [1.807, 2.05) is 11.8 Å². The molecule has 0 atom stereocenters. The van der Waals surface area contributed by atoms with E-state index in [-0.39, 0.29) is 0 Å². The minimum atomic E-state index is 0.887. The Balaban J connectivity index is 1.78. The maximum atomic E-state index is 5.00. The van der Waals surface area contributed by atoms with E-state index >= 15 is 0 Å². The van der Waals surface area contributed by atoms with Crippen molar-refractivity contribution in [3.63, 3.8) is 0 Å². The van der Waals surface area contributed by atoms with E-state index in [2.05, 4.69) is 22.1 Å². The van der Waals surface area contributed by atoms with Gasteiger partial charge >= 0.3 is 0 Å². The second-order valence-electron chi connectivity index (χ2n) is 3.59. The average Bonchev–Trinajstić information content (AvgIpc) is 2.80. The van der Waals surface area contributed by atoms with E-state index in [4.69, 9.17) is 4.74 Å². The summed E-state index contributed by atoms with van der Waals surface area (Å²) < 4.78 is 5.00. The third-order valence-electron chi connectivity index (χ3n) is 2.23. The van der Waals surface area contributed by atoms with Gasteiger partial charge in [-0.2, -0.15) is 23.1 Å². The Bertz CT molecular complexity index is 239. The Hall–Kier alpha value is -0.0300. The highest BCUT2D eigenvalue weighted by atomic mass is 32.2. The van der Waals surface area contributed by atoms with Crippen molar-refractivity contribution >= 4 is 23.1 Å². The number of methoxy groups -OCH3 is 1. The van der Waals surface area contributed by atoms with Gasteiger partial charge in [0.15, 0.2) is 0 Å². The van der Waals surface area contributed by atoms with Crippen LogP contribution in [-0.2, 0) is 11.2 Å². The molecule has 92 valence electrons. The Morgan fingerprint density at radius 3 is 3.06 bits per heavy atom. The number of hydrogen-bond donors (Lipinski definition) is 1. The first-order valence-corrected chi connectivity index (χ1v) is 7.81. The molecule has 0 saturated heterocycles. The largest absolute Gasteiger partial charge is 0.385 e. The summed E-state index contributed by atoms with van der Waals surface area (Å²) >= 11 is 3.78. The highest BCUT2D eigenvalue weighted by Crippen LogP contribution is 2.05. The van der Waals surface area contributed by atoms with E-state index in [0.717, 1.165) is 32.5 Å². The lowest BCUT2D eigenvalue weighted by molar-refractivity contribution is 0.200. The monoisotopic (exact) mass is 259 g/mol. The van der Waals surface area contributed by atoms with Crippen LogP contribution in [0.15, 0.2) is 16.8 Å². The zero-order valence-electron chi connectivity index (χ0n) is 9.91. The van der Waals surface area contributed by atoms with E-state index in [9.17, 15) is 0 Å². The number of thiophene rings is 1. The molecule has 1 aromatic rings. The maximum absolute atomic E-state index is 5.00. The lowest BCUT2D eigenvalue weighted by atomic mass is 10.2. The van der Waals surface area contributed by atoms with Crippen molar-refractivity contribution in [3.05, 3.63) is 22.4 Å². The number of nitrogens with one attached hydrogen (secondary N) is 1. The van der Waals surface area contributed by atoms with E-state index < -0.39 is 0 Å². The fraction of sp³-hybridized carbons (Fsp3) is 0.667. The summed E-state index contributed by atoms with van der Waals surface area (Å²) in [5, 5.41) is 7.83. The van der Waals surface area contributed by atoms with Crippen molar-refractivity contribution in [1.82, 2.24) is 5.32 Å². The Labute approximate surface area is 107 Å². The molecule has 0 unspecified atom stereocenters. The minimum Gasteiger partial charge on any atom is -0.385 e. The van der Waals surface area contributed by atoms with Crippen LogP contribution in [0.25, 0.3) is 0 Å². The van der Waals surface area contributed by atoms with Crippen molar-refractivity contribution in [1.29, 1.82) is 0 Å². The van der Waals surface area contributed by atoms with Crippen molar-refractivity contribution < 1.29 is 4.74 Å². The number of hydrogen-bond acceptors (Lipinski definition) is 4. The van der Waals surface area contributed by atoms with Gasteiger partial charge in [0.05, 0.1) is 0 Å². The van der Waals surface area contributed by atoms with Gasteiger partial charge in [-0.15, -0.1) is 0 Å². The second-order valence-corrected chi connectivity index (χ2v) is 5.60. The van der Waals surface area contributed by atoms with Crippen molar-refractivity contribution in [2.75, 3.05) is 38.3 Å². The normalized spacial score (nSPS) is 10.8. The van der Waals surface area contributed by atoms with Crippen LogP contribution >= 0.6 is 23.1 Å². The van der Waals surface area contributed by atoms with Crippen LogP contribution in [0, 0.1) is 0 Å². The van der Waals surface area contributed by atoms with E-state index in [1.54, 1.807) is 18.4 Å². The molecular formula is C12H21NOS2. The van der Waals surface area contributed by atoms with Gasteiger partial charge in [-0.3, -0.25) is 0 Å². The van der Waals surface area contributed by atoms with Crippen LogP contribution in [0.4, 0.5) is 0 Å². The maximum Gasteiger partial charge on any atom is 0.0470 e. The van der Waals surface area contributed by atoms with Gasteiger partial charge in [-0.1, -0.05) is 0 Å². The molecule has 0 aliphatic heterocycles. The molecule has 0 bridgehead atoms. The second kappa shape index (κ2) is 10.1. The zero-order valence-corrected chi connectivity index (χ0v) is 11.5. The summed E-state index contributed by atoms with van der Waals surface area (Å²) in [6, 6.07) is 2.20. The SMILES string of the molecule is COCCCSCCNCCc1ccsc1. The molecule has 0 aliphatic rings. The highest BCUT2D eigenvalue weighted by Gasteiger charge is 1.93. The summed E-state index contributed by atoms with van der Waals surface area (Å²) in [5.74, 6) is 2.41. The zero-order chi connectivity index (χ0) is 11.5. The molecule has 0 aliphatic carbocycles. The highest BCUT2D eigenvalue weighted by molar-refractivity contribution is 7.99. The summed E-state index contributed by atoms with van der Waals surface area (Å²) in [5.41, 5.74) is 1.45. The van der Waals surface area contributed by atoms with Crippen LogP contribution in [0.2, 0.25) is 0 Å². The van der Waals surface area contributed by atoms with E-state index in [0.29, 0.717) is 0 Å². The third kappa shape index (κ3) is 7.28. The molecule has 1 rings (SSSR count). The molecule has 4 heteroatoms. The molecular weight excluding hydrogens is 238 g/mol. The van der Waals surface area contributed by atoms with Crippen LogP contribution in [-0.4, -0.2) is 38.3 Å². The first kappa shape index (κ1) is 14.0. The summed E-state index contributed by atoms with van der Waals surface area (Å²) in [6.45, 7) is 3.09. The van der Waals surface area contributed by atoms with Gasteiger partial charge in [0.2, 0.25) is 0 Å². The molecule has 1 N–H and O–H groups in total. The van der Waals surface area contributed by atoms with Gasteiger partial charge in [-0.05, 0) is 47.5 Å². The first-order chi connectivity index (χ1) is 7.93. The third-order valence-corrected chi connectivity index (χ3v) is 4.03. The van der Waals surface area contributed by atoms with Crippen LogP contribution in [0.1, 0.15) is 12.0 Å². The summed E-state index contributed by atoms with van der Waals surface area (Å²) in [4.78, 5) is 0. The molecule has 16 heavy (non-hydrogen) atoms. The Morgan fingerprint density at radius 1 is 1.38 bits per heavy atom. The molecule has 0 fully saturated rings. The quantitative estimate of drug-likeness (QED) is 0.653. The van der Waals surface area contributed by atoms with Crippen LogP contribution in [0.5, 0.6) is 0 Å². The van der Waals surface area contributed by atoms with Gasteiger partial charge in [0.25, 0.3) is 0 Å². The predicted molar refractivity (Wildman–Crippen MR) is 74.7 cm³/mol. The first-order valence-electron chi connectivity index (χ1n) is 5.72. The molecule has 0 radical (unpaired) electrons. The van der Waals surface area contributed by atoms with Crippen molar-refractivity contribution in [2.45, 2.75) is 12.8 Å². The fourth-order valence-electron chi connectivity index (χ4n) is 1.34. The fourth-order valence-corrected chi connectivity index (χ4v) is 2.86. The molecule has 0 saturated carbocycles. The average molecular weight is 259 g/mol. The number of rotatable bonds is 10. The van der Waals surface area contributed by atoms with E-state index in [1.165, 1.54) is 17.1 Å². The van der Waals surface area contributed by atoms with Crippen molar-refractivity contribution in [3.8, 4) is 0 Å². The smallest absolute Gasteiger partial charge is 0.0470 e. The van der Waals surface area contributed by atoms with Gasteiger partial charge in [-0.25, -0.2) is 0 Å². The predicted octanol–water partition coefficient (Wildman–Crippen LogP) is 2.65. The number of ether oxygens (including phenoxy) is 1. The lowest BCUT2D eigenvalue weighted by Gasteiger charge is -2.03. The lowest BCUT2D eigenvalue weighted by Crippen LogP contribution is -2.20. The van der Waals surface area contributed by atoms with Crippen LogP contribution < -0.4 is 5.32 Å². The Morgan fingerprint density at radius 2 is 2.31 bits per heavy atom. The minimum absolute atomic E-state index is 0.887. The number of thioether (sulfide) groups is 1. The summed E-state index contributed by atoms with van der Waals surface area (Å²) in [6.07, 6.45) is 2.31. The molecule has 2 nitrogen and oxygen atoms in total. The molecule has 1 aromatic heterocycles. The molecule has 1 heterocycles. The topological polar surface area (TPSA) is 21.3 Å². The standard InChI is InChI=1S/C12H21NOS2/c1-14-7-2-8-15-10-6-13-5-3-12-4-9-16-11-12/h4,9,11,13H,2-3,5-8,10H2,1H3. The van der Waals surface area contributed by atoms with Gasteiger partial charge in [0, 0.05) is 26.0 Å². The molecule has 0 amide bonds.